The molecule has 0 aromatic heterocycles. The molecule has 2 rings (SSSR count). The molecule has 1 saturated heterocycles. The Hall–Kier alpha value is -1.48. The predicted octanol–water partition coefficient (Wildman–Crippen LogP) is 1.05. The number of nitrogens with one attached hydrogen (secondary N) is 1. The predicted molar refractivity (Wildman–Crippen MR) is 105 cm³/mol. The molecule has 1 aliphatic rings. The van der Waals surface area contributed by atoms with Crippen molar-refractivity contribution >= 4 is 15.9 Å². The first-order valence-electron chi connectivity index (χ1n) is 9.24. The summed E-state index contributed by atoms with van der Waals surface area (Å²) in [6.45, 7) is 9.12. The van der Waals surface area contributed by atoms with Gasteiger partial charge in [0.25, 0.3) is 0 Å². The summed E-state index contributed by atoms with van der Waals surface area (Å²) in [4.78, 5) is 14.2. The van der Waals surface area contributed by atoms with Gasteiger partial charge in [-0.05, 0) is 23.1 Å². The van der Waals surface area contributed by atoms with Crippen LogP contribution in [0.3, 0.4) is 0 Å². The molecule has 1 aromatic rings. The van der Waals surface area contributed by atoms with Crippen LogP contribution in [0, 0.1) is 0 Å². The van der Waals surface area contributed by atoms with Gasteiger partial charge >= 0.3 is 0 Å². The lowest BCUT2D eigenvalue weighted by Crippen LogP contribution is -2.52. The number of benzene rings is 1. The maximum atomic E-state index is 12.9. The lowest BCUT2D eigenvalue weighted by atomic mass is 9.87. The average molecular weight is 398 g/mol. The Bertz CT molecular complexity index is 718. The lowest BCUT2D eigenvalue weighted by molar-refractivity contribution is -0.131. The lowest BCUT2D eigenvalue weighted by Gasteiger charge is -2.34. The minimum atomic E-state index is -3.53. The van der Waals surface area contributed by atoms with Crippen LogP contribution >= 0.6 is 0 Å². The number of hydrogen-bond donors (Lipinski definition) is 1. The van der Waals surface area contributed by atoms with Crippen LogP contribution in [-0.2, 0) is 25.0 Å². The zero-order chi connectivity index (χ0) is 20.1. The molecule has 0 atom stereocenters. The molecule has 1 fully saturated rings. The number of sulfonamides is 1. The average Bonchev–Trinajstić information content (AvgIpc) is 2.64. The van der Waals surface area contributed by atoms with Crippen molar-refractivity contribution in [3.8, 4) is 0 Å². The SMILES string of the molecule is COCCNCC(=O)N1CCN(S(=O)(=O)c2ccc(C(C)(C)C)cc2)CC1. The first-order valence-corrected chi connectivity index (χ1v) is 10.7. The largest absolute Gasteiger partial charge is 0.383 e. The van der Waals surface area contributed by atoms with Gasteiger partial charge < -0.3 is 15.0 Å². The Morgan fingerprint density at radius 3 is 2.22 bits per heavy atom. The number of nitrogens with zero attached hydrogens (tertiary/aromatic N) is 2. The topological polar surface area (TPSA) is 79.0 Å². The number of methoxy groups -OCH3 is 1. The summed E-state index contributed by atoms with van der Waals surface area (Å²) < 4.78 is 32.1. The first-order chi connectivity index (χ1) is 12.7. The van der Waals surface area contributed by atoms with E-state index >= 15 is 0 Å². The van der Waals surface area contributed by atoms with E-state index in [9.17, 15) is 13.2 Å². The monoisotopic (exact) mass is 397 g/mol. The minimum Gasteiger partial charge on any atom is -0.383 e. The summed E-state index contributed by atoms with van der Waals surface area (Å²) in [7, 11) is -1.92. The van der Waals surface area contributed by atoms with Gasteiger partial charge in [0.05, 0.1) is 18.0 Å². The number of hydrogen-bond acceptors (Lipinski definition) is 5. The third-order valence-electron chi connectivity index (χ3n) is 4.71. The maximum absolute atomic E-state index is 12.9. The summed E-state index contributed by atoms with van der Waals surface area (Å²) in [5, 5.41) is 3.02. The molecule has 7 nitrogen and oxygen atoms in total. The van der Waals surface area contributed by atoms with Crippen LogP contribution in [0.5, 0.6) is 0 Å². The van der Waals surface area contributed by atoms with Gasteiger partial charge in [-0.3, -0.25) is 4.79 Å². The molecule has 1 N–H and O–H groups in total. The standard InChI is InChI=1S/C19H31N3O4S/c1-19(2,3)16-5-7-17(8-6-16)27(24,25)22-12-10-21(11-13-22)18(23)15-20-9-14-26-4/h5-8,20H,9-15H2,1-4H3. The van der Waals surface area contributed by atoms with E-state index in [1.165, 1.54) is 4.31 Å². The van der Waals surface area contributed by atoms with E-state index in [-0.39, 0.29) is 17.9 Å². The van der Waals surface area contributed by atoms with Gasteiger partial charge in [-0.1, -0.05) is 32.9 Å². The Morgan fingerprint density at radius 1 is 1.11 bits per heavy atom. The van der Waals surface area contributed by atoms with Crippen molar-refractivity contribution in [2.24, 2.45) is 0 Å². The fraction of sp³-hybridized carbons (Fsp3) is 0.632. The van der Waals surface area contributed by atoms with E-state index in [1.807, 2.05) is 12.1 Å². The second kappa shape index (κ2) is 9.14. The quantitative estimate of drug-likeness (QED) is 0.696. The van der Waals surface area contributed by atoms with E-state index in [0.717, 1.165) is 5.56 Å². The molecule has 1 amide bonds. The van der Waals surface area contributed by atoms with Crippen LogP contribution in [0.1, 0.15) is 26.3 Å². The van der Waals surface area contributed by atoms with E-state index in [1.54, 1.807) is 24.1 Å². The molecular weight excluding hydrogens is 366 g/mol. The van der Waals surface area contributed by atoms with Crippen LogP contribution in [0.2, 0.25) is 0 Å². The second-order valence-electron chi connectivity index (χ2n) is 7.73. The fourth-order valence-corrected chi connectivity index (χ4v) is 4.36. The van der Waals surface area contributed by atoms with Crippen molar-refractivity contribution < 1.29 is 17.9 Å². The molecular formula is C19H31N3O4S. The van der Waals surface area contributed by atoms with Crippen molar-refractivity contribution in [2.75, 3.05) is 53.0 Å². The first kappa shape index (κ1) is 21.8. The number of amides is 1. The zero-order valence-corrected chi connectivity index (χ0v) is 17.5. The van der Waals surface area contributed by atoms with Crippen molar-refractivity contribution in [2.45, 2.75) is 31.1 Å². The second-order valence-corrected chi connectivity index (χ2v) is 9.67. The highest BCUT2D eigenvalue weighted by Gasteiger charge is 2.30. The maximum Gasteiger partial charge on any atom is 0.243 e. The van der Waals surface area contributed by atoms with Gasteiger partial charge in [0.2, 0.25) is 15.9 Å². The molecule has 0 radical (unpaired) electrons. The Morgan fingerprint density at radius 2 is 1.70 bits per heavy atom. The third-order valence-corrected chi connectivity index (χ3v) is 6.62. The van der Waals surface area contributed by atoms with Gasteiger partial charge in [0.15, 0.2) is 0 Å². The molecule has 0 spiro atoms. The summed E-state index contributed by atoms with van der Waals surface area (Å²) in [5.41, 5.74) is 1.07. The molecule has 0 unspecified atom stereocenters. The summed E-state index contributed by atoms with van der Waals surface area (Å²) in [6.07, 6.45) is 0. The van der Waals surface area contributed by atoms with Gasteiger partial charge in [-0.2, -0.15) is 4.31 Å². The molecule has 0 saturated carbocycles. The van der Waals surface area contributed by atoms with Crippen LogP contribution < -0.4 is 5.32 Å². The van der Waals surface area contributed by atoms with Crippen molar-refractivity contribution in [3.05, 3.63) is 29.8 Å². The van der Waals surface area contributed by atoms with Crippen LogP contribution in [0.15, 0.2) is 29.2 Å². The van der Waals surface area contributed by atoms with E-state index < -0.39 is 10.0 Å². The normalized spacial score (nSPS) is 16.5. The summed E-state index contributed by atoms with van der Waals surface area (Å²) in [6, 6.07) is 7.09. The highest BCUT2D eigenvalue weighted by Crippen LogP contribution is 2.25. The van der Waals surface area contributed by atoms with E-state index in [0.29, 0.717) is 44.2 Å². The zero-order valence-electron chi connectivity index (χ0n) is 16.7. The molecule has 27 heavy (non-hydrogen) atoms. The summed E-state index contributed by atoms with van der Waals surface area (Å²) in [5.74, 6) is -0.0160. The number of carbonyl (C=O) groups is 1. The van der Waals surface area contributed by atoms with Gasteiger partial charge in [0, 0.05) is 39.8 Å². The number of piperazine rings is 1. The minimum absolute atomic E-state index is 0.0160. The highest BCUT2D eigenvalue weighted by molar-refractivity contribution is 7.89. The molecule has 1 aromatic carbocycles. The molecule has 152 valence electrons. The fourth-order valence-electron chi connectivity index (χ4n) is 2.94. The van der Waals surface area contributed by atoms with E-state index in [4.69, 9.17) is 4.74 Å². The Labute approximate surface area is 162 Å². The molecule has 1 heterocycles. The van der Waals surface area contributed by atoms with Crippen LogP contribution in [0.4, 0.5) is 0 Å². The molecule has 0 bridgehead atoms. The van der Waals surface area contributed by atoms with Gasteiger partial charge in [-0.25, -0.2) is 8.42 Å². The number of rotatable bonds is 7. The summed E-state index contributed by atoms with van der Waals surface area (Å²) >= 11 is 0. The third kappa shape index (κ3) is 5.75. The van der Waals surface area contributed by atoms with Gasteiger partial charge in [0.1, 0.15) is 0 Å². The van der Waals surface area contributed by atoms with Crippen molar-refractivity contribution in [1.29, 1.82) is 0 Å². The van der Waals surface area contributed by atoms with Crippen molar-refractivity contribution in [1.82, 2.24) is 14.5 Å². The number of ether oxygens (including phenoxy) is 1. The van der Waals surface area contributed by atoms with Crippen molar-refractivity contribution in [3.63, 3.8) is 0 Å². The Kier molecular flexibility index (Phi) is 7.39. The molecule has 8 heteroatoms. The van der Waals surface area contributed by atoms with Crippen LogP contribution in [0.25, 0.3) is 0 Å². The molecule has 1 aliphatic heterocycles. The highest BCUT2D eigenvalue weighted by atomic mass is 32.2. The van der Waals surface area contributed by atoms with Gasteiger partial charge in [-0.15, -0.1) is 0 Å². The smallest absolute Gasteiger partial charge is 0.243 e. The molecule has 0 aliphatic carbocycles. The Balaban J connectivity index is 1.93. The van der Waals surface area contributed by atoms with E-state index in [2.05, 4.69) is 26.1 Å². The number of carbonyl (C=O) groups excluding carboxylic acids is 1. The van der Waals surface area contributed by atoms with Crippen LogP contribution in [-0.4, -0.2) is 76.5 Å².